The Hall–Kier alpha value is -2.02. The Morgan fingerprint density at radius 3 is 2.67 bits per heavy atom. The Bertz CT molecular complexity index is 540. The number of carbonyl (C=O) groups excluding carboxylic acids is 1. The van der Waals surface area contributed by atoms with Crippen molar-refractivity contribution in [3.8, 4) is 0 Å². The number of carbonyl (C=O) groups is 1. The van der Waals surface area contributed by atoms with Gasteiger partial charge in [-0.25, -0.2) is 9.18 Å². The number of halogens is 1. The van der Waals surface area contributed by atoms with Crippen LogP contribution in [-0.2, 0) is 6.54 Å². The molecule has 0 saturated heterocycles. The second-order valence-electron chi connectivity index (χ2n) is 3.56. The van der Waals surface area contributed by atoms with E-state index in [0.29, 0.717) is 11.7 Å². The fourth-order valence-electron chi connectivity index (χ4n) is 1.27. The van der Waals surface area contributed by atoms with Crippen molar-refractivity contribution in [1.82, 2.24) is 15.5 Å². The van der Waals surface area contributed by atoms with Crippen LogP contribution < -0.4 is 10.6 Å². The molecule has 0 aliphatic carbocycles. The minimum absolute atomic E-state index is 0.299. The van der Waals surface area contributed by atoms with E-state index >= 15 is 0 Å². The Balaban J connectivity index is 1.83. The molecular formula is C11H11FN4OS. The number of aromatic nitrogens is 2. The third-order valence-corrected chi connectivity index (χ3v) is 2.87. The van der Waals surface area contributed by atoms with Crippen LogP contribution >= 0.6 is 11.3 Å². The smallest absolute Gasteiger partial charge is 0.321 e. The lowest BCUT2D eigenvalue weighted by atomic mass is 10.2. The number of nitrogens with zero attached hydrogens (tertiary/aromatic N) is 2. The molecule has 94 valence electrons. The summed E-state index contributed by atoms with van der Waals surface area (Å²) in [4.78, 5) is 11.5. The normalized spacial score (nSPS) is 10.1. The molecule has 0 unspecified atom stereocenters. The van der Waals surface area contributed by atoms with Gasteiger partial charge >= 0.3 is 6.03 Å². The van der Waals surface area contributed by atoms with E-state index < -0.39 is 0 Å². The lowest BCUT2D eigenvalue weighted by Gasteiger charge is -2.04. The zero-order valence-electron chi connectivity index (χ0n) is 9.61. The number of hydrogen-bond acceptors (Lipinski definition) is 4. The van der Waals surface area contributed by atoms with Crippen LogP contribution in [0.1, 0.15) is 10.6 Å². The van der Waals surface area contributed by atoms with Crippen LogP contribution in [0.4, 0.5) is 14.3 Å². The number of rotatable bonds is 3. The SMILES string of the molecule is Cc1nnc(NC(=O)NCc2ccc(F)cc2)s1. The van der Waals surface area contributed by atoms with Crippen molar-refractivity contribution in [2.45, 2.75) is 13.5 Å². The summed E-state index contributed by atoms with van der Waals surface area (Å²) in [6.07, 6.45) is 0. The Morgan fingerprint density at radius 1 is 1.33 bits per heavy atom. The molecule has 1 heterocycles. The first-order valence-corrected chi connectivity index (χ1v) is 6.04. The summed E-state index contributed by atoms with van der Waals surface area (Å²) in [5.41, 5.74) is 0.819. The number of hydrogen-bond donors (Lipinski definition) is 2. The van der Waals surface area contributed by atoms with Crippen molar-refractivity contribution in [2.24, 2.45) is 0 Å². The highest BCUT2D eigenvalue weighted by atomic mass is 32.1. The summed E-state index contributed by atoms with van der Waals surface area (Å²) in [5, 5.41) is 14.0. The summed E-state index contributed by atoms with van der Waals surface area (Å²) in [6.45, 7) is 2.13. The Morgan fingerprint density at radius 2 is 2.06 bits per heavy atom. The van der Waals surface area contributed by atoms with Crippen LogP contribution in [0.2, 0.25) is 0 Å². The number of anilines is 1. The Labute approximate surface area is 107 Å². The summed E-state index contributed by atoms with van der Waals surface area (Å²) in [6, 6.07) is 5.57. The molecule has 2 N–H and O–H groups in total. The molecule has 7 heteroatoms. The molecule has 2 rings (SSSR count). The molecule has 0 radical (unpaired) electrons. The van der Waals surface area contributed by atoms with E-state index in [1.165, 1.54) is 23.5 Å². The van der Waals surface area contributed by atoms with Gasteiger partial charge in [0.15, 0.2) is 0 Å². The van der Waals surface area contributed by atoms with E-state index in [1.807, 2.05) is 0 Å². The quantitative estimate of drug-likeness (QED) is 0.895. The molecule has 1 aromatic heterocycles. The topological polar surface area (TPSA) is 66.9 Å². The zero-order valence-corrected chi connectivity index (χ0v) is 10.4. The average Bonchev–Trinajstić information content (AvgIpc) is 2.74. The van der Waals surface area contributed by atoms with E-state index in [4.69, 9.17) is 0 Å². The number of nitrogens with one attached hydrogen (secondary N) is 2. The maximum atomic E-state index is 12.7. The first-order chi connectivity index (χ1) is 8.63. The van der Waals surface area contributed by atoms with Crippen molar-refractivity contribution in [2.75, 3.05) is 5.32 Å². The molecule has 0 atom stereocenters. The molecule has 0 aliphatic heterocycles. The molecule has 0 spiro atoms. The monoisotopic (exact) mass is 266 g/mol. The van der Waals surface area contributed by atoms with Crippen molar-refractivity contribution in [3.05, 3.63) is 40.7 Å². The van der Waals surface area contributed by atoms with Crippen LogP contribution in [0.15, 0.2) is 24.3 Å². The summed E-state index contributed by atoms with van der Waals surface area (Å²) < 4.78 is 12.7. The summed E-state index contributed by atoms with van der Waals surface area (Å²) in [5.74, 6) is -0.299. The fraction of sp³-hybridized carbons (Fsp3) is 0.182. The Kier molecular flexibility index (Phi) is 3.83. The standard InChI is InChI=1S/C11H11FN4OS/c1-7-15-16-11(18-7)14-10(17)13-6-8-2-4-9(12)5-3-8/h2-5H,6H2,1H3,(H2,13,14,16,17). The fourth-order valence-corrected chi connectivity index (χ4v) is 1.86. The second-order valence-corrected chi connectivity index (χ2v) is 4.74. The number of urea groups is 1. The average molecular weight is 266 g/mol. The highest BCUT2D eigenvalue weighted by Crippen LogP contribution is 2.13. The first kappa shape index (κ1) is 12.4. The van der Waals surface area contributed by atoms with Gasteiger partial charge in [-0.05, 0) is 24.6 Å². The van der Waals surface area contributed by atoms with Gasteiger partial charge in [-0.3, -0.25) is 5.32 Å². The molecule has 18 heavy (non-hydrogen) atoms. The van der Waals surface area contributed by atoms with Crippen molar-refractivity contribution >= 4 is 22.5 Å². The van der Waals surface area contributed by atoms with Crippen LogP contribution in [0, 0.1) is 12.7 Å². The van der Waals surface area contributed by atoms with Crippen molar-refractivity contribution in [1.29, 1.82) is 0 Å². The number of aryl methyl sites for hydroxylation is 1. The zero-order chi connectivity index (χ0) is 13.0. The van der Waals surface area contributed by atoms with Crippen LogP contribution in [0.3, 0.4) is 0 Å². The molecule has 0 fully saturated rings. The second kappa shape index (κ2) is 5.54. The molecule has 0 bridgehead atoms. The van der Waals surface area contributed by atoms with E-state index in [2.05, 4.69) is 20.8 Å². The van der Waals surface area contributed by atoms with Gasteiger partial charge < -0.3 is 5.32 Å². The number of benzene rings is 1. The van der Waals surface area contributed by atoms with Crippen molar-refractivity contribution in [3.63, 3.8) is 0 Å². The van der Waals surface area contributed by atoms with E-state index in [1.54, 1.807) is 19.1 Å². The molecule has 1 aromatic carbocycles. The third-order valence-electron chi connectivity index (χ3n) is 2.11. The van der Waals surface area contributed by atoms with Gasteiger partial charge in [0.05, 0.1) is 0 Å². The van der Waals surface area contributed by atoms with E-state index in [0.717, 1.165) is 10.6 Å². The van der Waals surface area contributed by atoms with Gasteiger partial charge in [-0.1, -0.05) is 23.5 Å². The lowest BCUT2D eigenvalue weighted by molar-refractivity contribution is 0.251. The largest absolute Gasteiger partial charge is 0.334 e. The maximum Gasteiger partial charge on any atom is 0.321 e. The van der Waals surface area contributed by atoms with Gasteiger partial charge in [0, 0.05) is 6.54 Å². The van der Waals surface area contributed by atoms with Gasteiger partial charge in [0.25, 0.3) is 0 Å². The minimum atomic E-state index is -0.365. The van der Waals surface area contributed by atoms with Gasteiger partial charge in [-0.15, -0.1) is 10.2 Å². The number of amides is 2. The maximum absolute atomic E-state index is 12.7. The predicted octanol–water partition coefficient (Wildman–Crippen LogP) is 2.31. The molecule has 0 saturated carbocycles. The van der Waals surface area contributed by atoms with Gasteiger partial charge in [-0.2, -0.15) is 0 Å². The van der Waals surface area contributed by atoms with Gasteiger partial charge in [0.1, 0.15) is 10.8 Å². The van der Waals surface area contributed by atoms with Crippen LogP contribution in [-0.4, -0.2) is 16.2 Å². The first-order valence-electron chi connectivity index (χ1n) is 5.23. The summed E-state index contributed by atoms with van der Waals surface area (Å²) >= 11 is 1.30. The van der Waals surface area contributed by atoms with Crippen LogP contribution in [0.25, 0.3) is 0 Å². The highest BCUT2D eigenvalue weighted by molar-refractivity contribution is 7.15. The molecule has 0 aliphatic rings. The molecular weight excluding hydrogens is 255 g/mol. The van der Waals surface area contributed by atoms with Gasteiger partial charge in [0.2, 0.25) is 5.13 Å². The molecule has 2 aromatic rings. The van der Waals surface area contributed by atoms with E-state index in [-0.39, 0.29) is 11.8 Å². The van der Waals surface area contributed by atoms with Crippen LogP contribution in [0.5, 0.6) is 0 Å². The lowest BCUT2D eigenvalue weighted by Crippen LogP contribution is -2.28. The molecule has 5 nitrogen and oxygen atoms in total. The highest BCUT2D eigenvalue weighted by Gasteiger charge is 2.05. The third kappa shape index (κ3) is 3.49. The minimum Gasteiger partial charge on any atom is -0.334 e. The predicted molar refractivity (Wildman–Crippen MR) is 66.9 cm³/mol. The molecule has 2 amide bonds. The van der Waals surface area contributed by atoms with Crippen molar-refractivity contribution < 1.29 is 9.18 Å². The summed E-state index contributed by atoms with van der Waals surface area (Å²) in [7, 11) is 0. The van der Waals surface area contributed by atoms with E-state index in [9.17, 15) is 9.18 Å².